The van der Waals surface area contributed by atoms with E-state index in [4.69, 9.17) is 11.2 Å². The van der Waals surface area contributed by atoms with Crippen molar-refractivity contribution in [3.05, 3.63) is 24.3 Å². The first kappa shape index (κ1) is 22.3. The summed E-state index contributed by atoms with van der Waals surface area (Å²) in [5.74, 6) is -0.123. The van der Waals surface area contributed by atoms with Gasteiger partial charge in [0.1, 0.15) is 6.04 Å². The monoisotopic (exact) mass is 430 g/mol. The smallest absolute Gasteiger partial charge is 0.246 e. The van der Waals surface area contributed by atoms with Gasteiger partial charge >= 0.3 is 0 Å². The number of hydrogen-bond donors (Lipinski definition) is 2. The lowest BCUT2D eigenvalue weighted by atomic mass is 10.2. The molecule has 0 spiro atoms. The quantitative estimate of drug-likeness (QED) is 0.612. The van der Waals surface area contributed by atoms with Crippen LogP contribution in [0.5, 0.6) is 0 Å². The predicted octanol–water partition coefficient (Wildman–Crippen LogP) is 1.71. The Labute approximate surface area is 173 Å². The number of hydrogen-bond acceptors (Lipinski definition) is 5. The third kappa shape index (κ3) is 5.49. The van der Waals surface area contributed by atoms with Crippen LogP contribution >= 0.6 is 12.8 Å². The SMILES string of the molecule is CCCN(C)CC(=O)N(C)c1ccc(N2CCC(N(S)S(O)=S)C2=O)cc1. The molecular formula is C17H26N4O3S3. The molecule has 0 aromatic heterocycles. The van der Waals surface area contributed by atoms with Crippen molar-refractivity contribution in [3.8, 4) is 0 Å². The van der Waals surface area contributed by atoms with Gasteiger partial charge in [0, 0.05) is 25.0 Å². The summed E-state index contributed by atoms with van der Waals surface area (Å²) >= 11 is 8.92. The van der Waals surface area contributed by atoms with Gasteiger partial charge < -0.3 is 14.4 Å². The van der Waals surface area contributed by atoms with Gasteiger partial charge in [-0.3, -0.25) is 14.5 Å². The second kappa shape index (κ2) is 9.94. The molecule has 1 aromatic rings. The van der Waals surface area contributed by atoms with Crippen molar-refractivity contribution in [1.82, 2.24) is 8.61 Å². The standard InChI is InChI=1S/C17H26N4O3S3/c1-4-10-18(2)12-16(22)19(3)13-5-7-14(8-6-13)20-11-9-15(17(20)23)21(25)27(24)26/h5-8,15,25H,4,9-12H2,1-3H3,(H,24,26). The van der Waals surface area contributed by atoms with Gasteiger partial charge in [0.15, 0.2) is 0 Å². The molecule has 27 heavy (non-hydrogen) atoms. The van der Waals surface area contributed by atoms with Crippen molar-refractivity contribution in [1.29, 1.82) is 0 Å². The van der Waals surface area contributed by atoms with Gasteiger partial charge in [-0.2, -0.15) is 3.71 Å². The van der Waals surface area contributed by atoms with Crippen LogP contribution in [0.25, 0.3) is 0 Å². The van der Waals surface area contributed by atoms with Crippen LogP contribution in [0, 0.1) is 0 Å². The molecular weight excluding hydrogens is 404 g/mol. The number of carbonyl (C=O) groups is 2. The Morgan fingerprint density at radius 1 is 1.37 bits per heavy atom. The Morgan fingerprint density at radius 2 is 2.00 bits per heavy atom. The molecule has 1 aliphatic rings. The van der Waals surface area contributed by atoms with E-state index in [1.807, 2.05) is 36.2 Å². The summed E-state index contributed by atoms with van der Waals surface area (Å²) in [6, 6.07) is 6.78. The molecule has 2 unspecified atom stereocenters. The Kier molecular flexibility index (Phi) is 8.20. The van der Waals surface area contributed by atoms with E-state index in [0.29, 0.717) is 19.5 Å². The van der Waals surface area contributed by atoms with Gasteiger partial charge in [-0.05, 0) is 61.9 Å². The number of rotatable bonds is 8. The molecule has 150 valence electrons. The van der Waals surface area contributed by atoms with Crippen LogP contribution in [0.4, 0.5) is 11.4 Å². The fourth-order valence-electron chi connectivity index (χ4n) is 3.03. The summed E-state index contributed by atoms with van der Waals surface area (Å²) in [6.45, 7) is 3.85. The highest BCUT2D eigenvalue weighted by atomic mass is 32.8. The third-order valence-corrected chi connectivity index (χ3v) is 6.67. The number of thiol groups is 1. The van der Waals surface area contributed by atoms with Crippen molar-refractivity contribution in [3.63, 3.8) is 0 Å². The summed E-state index contributed by atoms with van der Waals surface area (Å²) in [4.78, 5) is 30.2. The fraction of sp³-hybridized carbons (Fsp3) is 0.529. The highest BCUT2D eigenvalue weighted by Crippen LogP contribution is 2.27. The maximum atomic E-state index is 12.6. The summed E-state index contributed by atoms with van der Waals surface area (Å²) in [5.41, 5.74) is 1.52. The normalized spacial score (nSPS) is 18.4. The van der Waals surface area contributed by atoms with Crippen molar-refractivity contribution >= 4 is 57.1 Å². The van der Waals surface area contributed by atoms with Gasteiger partial charge in [-0.15, -0.1) is 0 Å². The fourth-order valence-corrected chi connectivity index (χ4v) is 3.97. The molecule has 1 saturated heterocycles. The second-order valence-electron chi connectivity index (χ2n) is 6.53. The first-order chi connectivity index (χ1) is 12.8. The zero-order valence-corrected chi connectivity index (χ0v) is 18.3. The van der Waals surface area contributed by atoms with E-state index >= 15 is 0 Å². The lowest BCUT2D eigenvalue weighted by molar-refractivity contribution is -0.120. The first-order valence-corrected chi connectivity index (χ1v) is 11.2. The number of carbonyl (C=O) groups excluding carboxylic acids is 2. The molecule has 1 aromatic carbocycles. The minimum atomic E-state index is -1.48. The van der Waals surface area contributed by atoms with E-state index < -0.39 is 16.0 Å². The molecule has 2 atom stereocenters. The topological polar surface area (TPSA) is 67.3 Å². The Hall–Kier alpha value is -1.04. The van der Waals surface area contributed by atoms with Crippen molar-refractivity contribution < 1.29 is 14.1 Å². The lowest BCUT2D eigenvalue weighted by Gasteiger charge is -2.23. The molecule has 1 N–H and O–H groups in total. The first-order valence-electron chi connectivity index (χ1n) is 8.71. The molecule has 2 rings (SSSR count). The Bertz CT molecular complexity index is 701. The number of likely N-dealkylation sites (N-methyl/N-ethyl adjacent to an activating group) is 2. The van der Waals surface area contributed by atoms with Gasteiger partial charge in [0.05, 0.1) is 16.5 Å². The van der Waals surface area contributed by atoms with Crippen LogP contribution in [0.2, 0.25) is 0 Å². The molecule has 7 nitrogen and oxygen atoms in total. The Morgan fingerprint density at radius 3 is 2.56 bits per heavy atom. The number of anilines is 2. The van der Waals surface area contributed by atoms with Crippen LogP contribution in [0.15, 0.2) is 24.3 Å². The molecule has 0 aliphatic carbocycles. The van der Waals surface area contributed by atoms with Crippen LogP contribution in [-0.4, -0.2) is 64.7 Å². The molecule has 1 aliphatic heterocycles. The summed E-state index contributed by atoms with van der Waals surface area (Å²) in [6.07, 6.45) is 1.55. The predicted molar refractivity (Wildman–Crippen MR) is 117 cm³/mol. The van der Waals surface area contributed by atoms with Crippen molar-refractivity contribution in [2.75, 3.05) is 43.5 Å². The number of benzene rings is 1. The lowest BCUT2D eigenvalue weighted by Crippen LogP contribution is -2.38. The highest BCUT2D eigenvalue weighted by Gasteiger charge is 2.37. The minimum Gasteiger partial charge on any atom is -0.315 e. The maximum Gasteiger partial charge on any atom is 0.246 e. The van der Waals surface area contributed by atoms with E-state index in [9.17, 15) is 14.1 Å². The third-order valence-electron chi connectivity index (χ3n) is 4.54. The number of nitrogens with zero attached hydrogens (tertiary/aromatic N) is 4. The van der Waals surface area contributed by atoms with Crippen molar-refractivity contribution in [2.24, 2.45) is 0 Å². The van der Waals surface area contributed by atoms with Gasteiger partial charge in [-0.25, -0.2) is 0 Å². The molecule has 1 fully saturated rings. The van der Waals surface area contributed by atoms with Crippen LogP contribution in [0.1, 0.15) is 19.8 Å². The maximum absolute atomic E-state index is 12.6. The Balaban J connectivity index is 2.04. The zero-order chi connectivity index (χ0) is 20.1. The molecule has 0 bridgehead atoms. The second-order valence-corrected chi connectivity index (χ2v) is 8.99. The zero-order valence-electron chi connectivity index (χ0n) is 15.7. The average Bonchev–Trinajstić information content (AvgIpc) is 3.01. The molecule has 10 heteroatoms. The molecule has 2 amide bonds. The van der Waals surface area contributed by atoms with E-state index in [2.05, 4.69) is 19.7 Å². The molecule has 0 radical (unpaired) electrons. The largest absolute Gasteiger partial charge is 0.315 e. The van der Waals surface area contributed by atoms with Crippen LogP contribution in [-0.2, 0) is 30.7 Å². The molecule has 0 saturated carbocycles. The van der Waals surface area contributed by atoms with Crippen LogP contribution in [0.3, 0.4) is 0 Å². The minimum absolute atomic E-state index is 0.0159. The van der Waals surface area contributed by atoms with Gasteiger partial charge in [0.2, 0.25) is 11.8 Å². The number of amides is 2. The van der Waals surface area contributed by atoms with Crippen LogP contribution < -0.4 is 9.80 Å². The summed E-state index contributed by atoms with van der Waals surface area (Å²) in [5, 5.41) is 0. The summed E-state index contributed by atoms with van der Waals surface area (Å²) in [7, 11) is 2.20. The van der Waals surface area contributed by atoms with E-state index in [1.165, 1.54) is 3.71 Å². The van der Waals surface area contributed by atoms with Gasteiger partial charge in [-0.1, -0.05) is 19.7 Å². The van der Waals surface area contributed by atoms with Crippen molar-refractivity contribution in [2.45, 2.75) is 25.8 Å². The average molecular weight is 431 g/mol. The highest BCUT2D eigenvalue weighted by molar-refractivity contribution is 8.27. The van der Waals surface area contributed by atoms with E-state index in [1.54, 1.807) is 16.8 Å². The van der Waals surface area contributed by atoms with Gasteiger partial charge in [0.25, 0.3) is 0 Å². The van der Waals surface area contributed by atoms with E-state index in [0.717, 1.165) is 24.3 Å². The summed E-state index contributed by atoms with van der Waals surface area (Å²) < 4.78 is 10.7. The van der Waals surface area contributed by atoms with E-state index in [-0.39, 0.29) is 11.8 Å². The molecule has 1 heterocycles.